The van der Waals surface area contributed by atoms with E-state index in [1.54, 1.807) is 11.3 Å². The van der Waals surface area contributed by atoms with Crippen LogP contribution in [-0.4, -0.2) is 34.3 Å². The summed E-state index contributed by atoms with van der Waals surface area (Å²) in [5.74, 6) is 0.724. The van der Waals surface area contributed by atoms with Crippen LogP contribution in [0.3, 0.4) is 0 Å². The van der Waals surface area contributed by atoms with Crippen LogP contribution in [0.15, 0.2) is 51.8 Å². The number of carbonyl (C=O) groups is 1. The smallest absolute Gasteiger partial charge is 0.238 e. The Bertz CT molecular complexity index is 1140. The number of anilines is 1. The quantitative estimate of drug-likeness (QED) is 0.496. The van der Waals surface area contributed by atoms with Gasteiger partial charge in [0.25, 0.3) is 0 Å². The number of aromatic nitrogens is 3. The molecule has 1 aromatic carbocycles. The van der Waals surface area contributed by atoms with E-state index in [1.807, 2.05) is 18.4 Å². The first-order valence-electron chi connectivity index (χ1n) is 9.38. The first-order valence-corrected chi connectivity index (χ1v) is 12.7. The number of hydrogen-bond acceptors (Lipinski definition) is 7. The molecule has 1 saturated carbocycles. The topological polar surface area (TPSA) is 120 Å². The first-order chi connectivity index (χ1) is 14.3. The van der Waals surface area contributed by atoms with Gasteiger partial charge in [0, 0.05) is 23.0 Å². The number of nitrogens with two attached hydrogens (primary N) is 1. The molecule has 3 aromatic rings. The van der Waals surface area contributed by atoms with Crippen molar-refractivity contribution in [1.29, 1.82) is 0 Å². The number of rotatable bonds is 8. The summed E-state index contributed by atoms with van der Waals surface area (Å²) in [6.07, 6.45) is 2.93. The zero-order chi connectivity index (χ0) is 21.3. The fourth-order valence-electron chi connectivity index (χ4n) is 2.96. The Hall–Kier alpha value is -2.21. The molecule has 0 radical (unpaired) electrons. The first kappa shape index (κ1) is 21.0. The van der Waals surface area contributed by atoms with Gasteiger partial charge in [0.2, 0.25) is 15.9 Å². The number of thiophene rings is 1. The maximum atomic E-state index is 12.6. The standard InChI is InChI=1S/C19H21N5O3S3/c1-12(18(25)21-13-4-8-16(9-5-13)30(20,26)27)29-19-23-22-17(24(19)14-6-7-14)11-15-3-2-10-28-15/h2-5,8-10,12,14H,6-7,11H2,1H3,(H,21,25)(H2,20,26,27)/t12-/m1/s1. The molecule has 0 aliphatic heterocycles. The van der Waals surface area contributed by atoms with E-state index < -0.39 is 15.3 Å². The number of nitrogens with zero attached hydrogens (tertiary/aromatic N) is 3. The maximum absolute atomic E-state index is 12.6. The lowest BCUT2D eigenvalue weighted by Crippen LogP contribution is -2.23. The summed E-state index contributed by atoms with van der Waals surface area (Å²) in [7, 11) is -3.76. The van der Waals surface area contributed by atoms with Crippen LogP contribution in [0.1, 0.15) is 36.5 Å². The van der Waals surface area contributed by atoms with Crippen molar-refractivity contribution in [1.82, 2.24) is 14.8 Å². The largest absolute Gasteiger partial charge is 0.325 e. The molecular formula is C19H21N5O3S3. The van der Waals surface area contributed by atoms with E-state index in [-0.39, 0.29) is 10.8 Å². The van der Waals surface area contributed by atoms with E-state index in [1.165, 1.54) is 40.9 Å². The van der Waals surface area contributed by atoms with Gasteiger partial charge in [-0.3, -0.25) is 4.79 Å². The van der Waals surface area contributed by atoms with Crippen LogP contribution < -0.4 is 10.5 Å². The fraction of sp³-hybridized carbons (Fsp3) is 0.316. The van der Waals surface area contributed by atoms with Gasteiger partial charge in [-0.1, -0.05) is 17.8 Å². The minimum absolute atomic E-state index is 0.00118. The molecule has 8 nitrogen and oxygen atoms in total. The third kappa shape index (κ3) is 4.91. The molecule has 158 valence electrons. The lowest BCUT2D eigenvalue weighted by Gasteiger charge is -2.13. The Kier molecular flexibility index (Phi) is 5.96. The summed E-state index contributed by atoms with van der Waals surface area (Å²) in [6.45, 7) is 1.81. The van der Waals surface area contributed by atoms with Crippen LogP contribution in [0.2, 0.25) is 0 Å². The Morgan fingerprint density at radius 1 is 1.30 bits per heavy atom. The second-order valence-corrected chi connectivity index (χ2v) is 11.0. The third-order valence-electron chi connectivity index (χ3n) is 4.66. The second kappa shape index (κ2) is 8.50. The highest BCUT2D eigenvalue weighted by Crippen LogP contribution is 2.40. The summed E-state index contributed by atoms with van der Waals surface area (Å²) < 4.78 is 24.9. The van der Waals surface area contributed by atoms with Gasteiger partial charge in [-0.05, 0) is 55.5 Å². The predicted octanol–water partition coefficient (Wildman–Crippen LogP) is 3.03. The Labute approximate surface area is 182 Å². The highest BCUT2D eigenvalue weighted by molar-refractivity contribution is 8.00. The monoisotopic (exact) mass is 463 g/mol. The molecule has 1 fully saturated rings. The molecule has 30 heavy (non-hydrogen) atoms. The van der Waals surface area contributed by atoms with E-state index in [2.05, 4.69) is 26.1 Å². The SMILES string of the molecule is C[C@@H](Sc1nnc(Cc2cccs2)n1C1CC1)C(=O)Nc1ccc(S(N)(=O)=O)cc1. The average Bonchev–Trinajstić information content (AvgIpc) is 3.25. The van der Waals surface area contributed by atoms with E-state index in [4.69, 9.17) is 5.14 Å². The third-order valence-corrected chi connectivity index (χ3v) is 7.52. The van der Waals surface area contributed by atoms with E-state index in [9.17, 15) is 13.2 Å². The van der Waals surface area contributed by atoms with Crippen molar-refractivity contribution in [3.8, 4) is 0 Å². The Morgan fingerprint density at radius 3 is 2.63 bits per heavy atom. The molecule has 1 aliphatic rings. The molecule has 0 saturated heterocycles. The molecule has 4 rings (SSSR count). The fourth-order valence-corrected chi connectivity index (χ4v) is 5.12. The number of benzene rings is 1. The van der Waals surface area contributed by atoms with Crippen LogP contribution in [0.4, 0.5) is 5.69 Å². The molecule has 3 N–H and O–H groups in total. The second-order valence-electron chi connectivity index (χ2n) is 7.07. The summed E-state index contributed by atoms with van der Waals surface area (Å²) in [5, 5.41) is 19.0. The molecule has 2 aromatic heterocycles. The van der Waals surface area contributed by atoms with Crippen molar-refractivity contribution < 1.29 is 13.2 Å². The van der Waals surface area contributed by atoms with E-state index in [0.29, 0.717) is 11.7 Å². The normalized spacial score (nSPS) is 15.1. The van der Waals surface area contributed by atoms with Crippen molar-refractivity contribution in [2.45, 2.75) is 47.5 Å². The van der Waals surface area contributed by atoms with Crippen molar-refractivity contribution in [2.24, 2.45) is 5.14 Å². The highest BCUT2D eigenvalue weighted by atomic mass is 32.2. The number of primary sulfonamides is 1. The highest BCUT2D eigenvalue weighted by Gasteiger charge is 2.31. The molecular weight excluding hydrogens is 442 g/mol. The summed E-state index contributed by atoms with van der Waals surface area (Å²) in [5.41, 5.74) is 0.502. The van der Waals surface area contributed by atoms with Crippen molar-refractivity contribution in [3.63, 3.8) is 0 Å². The van der Waals surface area contributed by atoms with Crippen molar-refractivity contribution in [2.75, 3.05) is 5.32 Å². The molecule has 1 amide bonds. The van der Waals surface area contributed by atoms with Gasteiger partial charge in [-0.25, -0.2) is 13.6 Å². The number of hydrogen-bond donors (Lipinski definition) is 2. The minimum atomic E-state index is -3.76. The van der Waals surface area contributed by atoms with Crippen molar-refractivity contribution >= 4 is 44.7 Å². The summed E-state index contributed by atoms with van der Waals surface area (Å²) in [4.78, 5) is 13.9. The van der Waals surface area contributed by atoms with Crippen LogP contribution >= 0.6 is 23.1 Å². The lowest BCUT2D eigenvalue weighted by atomic mass is 10.3. The van der Waals surface area contributed by atoms with Crippen LogP contribution in [0, 0.1) is 0 Å². The predicted molar refractivity (Wildman–Crippen MR) is 117 cm³/mol. The molecule has 2 heterocycles. The number of nitrogens with one attached hydrogen (secondary N) is 1. The van der Waals surface area contributed by atoms with Gasteiger partial charge in [-0.2, -0.15) is 0 Å². The van der Waals surface area contributed by atoms with E-state index >= 15 is 0 Å². The van der Waals surface area contributed by atoms with Gasteiger partial charge in [-0.15, -0.1) is 21.5 Å². The Balaban J connectivity index is 1.44. The lowest BCUT2D eigenvalue weighted by molar-refractivity contribution is -0.115. The zero-order valence-electron chi connectivity index (χ0n) is 16.2. The minimum Gasteiger partial charge on any atom is -0.325 e. The zero-order valence-corrected chi connectivity index (χ0v) is 18.6. The van der Waals surface area contributed by atoms with Gasteiger partial charge in [0.05, 0.1) is 10.1 Å². The number of amides is 1. The number of sulfonamides is 1. The molecule has 11 heteroatoms. The molecule has 1 aliphatic carbocycles. The van der Waals surface area contributed by atoms with Gasteiger partial charge in [0.15, 0.2) is 5.16 Å². The number of thioether (sulfide) groups is 1. The van der Waals surface area contributed by atoms with Gasteiger partial charge in [0.1, 0.15) is 5.82 Å². The maximum Gasteiger partial charge on any atom is 0.238 e. The molecule has 1 atom stereocenters. The van der Waals surface area contributed by atoms with Gasteiger partial charge < -0.3 is 9.88 Å². The average molecular weight is 464 g/mol. The molecule has 0 unspecified atom stereocenters. The summed E-state index contributed by atoms with van der Waals surface area (Å²) in [6, 6.07) is 10.3. The number of carbonyl (C=O) groups excluding carboxylic acids is 1. The van der Waals surface area contributed by atoms with E-state index in [0.717, 1.165) is 30.2 Å². The summed E-state index contributed by atoms with van der Waals surface area (Å²) >= 11 is 3.06. The van der Waals surface area contributed by atoms with Crippen molar-refractivity contribution in [3.05, 3.63) is 52.5 Å². The molecule has 0 spiro atoms. The van der Waals surface area contributed by atoms with Crippen LogP contribution in [-0.2, 0) is 21.2 Å². The Morgan fingerprint density at radius 2 is 2.03 bits per heavy atom. The van der Waals surface area contributed by atoms with Crippen LogP contribution in [0.5, 0.6) is 0 Å². The molecule has 0 bridgehead atoms. The van der Waals surface area contributed by atoms with Crippen LogP contribution in [0.25, 0.3) is 0 Å². The van der Waals surface area contributed by atoms with Gasteiger partial charge >= 0.3 is 0 Å².